The van der Waals surface area contributed by atoms with Crippen LogP contribution in [0.5, 0.6) is 0 Å². The number of unbranched alkanes of at least 4 members (excludes halogenated alkanes) is 11. The Morgan fingerprint density at radius 2 is 1.33 bits per heavy atom. The Kier molecular flexibility index (Phi) is 17.1. The summed E-state index contributed by atoms with van der Waals surface area (Å²) in [4.78, 5) is 22.6. The molecule has 5 nitrogen and oxygen atoms in total. The van der Waals surface area contributed by atoms with Gasteiger partial charge in [-0.25, -0.2) is 4.79 Å². The standard InChI is InChI=1S/C22H41NO4/c1-3-4-5-6-7-8-9-10-11-12-13-14-15-16-17-18-20(25)23-21(19(2)24)22(26)27/h10-11,19,21,24H,3-9,12-18H2,1-2H3,(H,23,25)(H,26,27)/b11-10-/t19-,21-/m0/s1. The summed E-state index contributed by atoms with van der Waals surface area (Å²) < 4.78 is 0. The Balaban J connectivity index is 3.45. The molecule has 0 aliphatic carbocycles. The fourth-order valence-corrected chi connectivity index (χ4v) is 2.99. The molecule has 3 N–H and O–H groups in total. The number of hydrogen-bond donors (Lipinski definition) is 3. The summed E-state index contributed by atoms with van der Waals surface area (Å²) in [6.07, 6.45) is 19.4. The van der Waals surface area contributed by atoms with Crippen LogP contribution in [0, 0.1) is 0 Å². The maximum Gasteiger partial charge on any atom is 0.328 e. The Bertz CT molecular complexity index is 407. The first-order chi connectivity index (χ1) is 13.0. The minimum absolute atomic E-state index is 0.305. The van der Waals surface area contributed by atoms with Crippen molar-refractivity contribution in [2.75, 3.05) is 0 Å². The highest BCUT2D eigenvalue weighted by Crippen LogP contribution is 2.10. The largest absolute Gasteiger partial charge is 0.480 e. The molecule has 0 aliphatic heterocycles. The summed E-state index contributed by atoms with van der Waals surface area (Å²) in [6, 6.07) is -1.22. The van der Waals surface area contributed by atoms with Crippen molar-refractivity contribution in [2.45, 2.75) is 116 Å². The van der Waals surface area contributed by atoms with E-state index in [1.807, 2.05) is 0 Å². The lowest BCUT2D eigenvalue weighted by Crippen LogP contribution is -2.47. The van der Waals surface area contributed by atoms with E-state index in [0.29, 0.717) is 6.42 Å². The topological polar surface area (TPSA) is 86.6 Å². The quantitative estimate of drug-likeness (QED) is 0.230. The fourth-order valence-electron chi connectivity index (χ4n) is 2.99. The van der Waals surface area contributed by atoms with E-state index in [1.165, 1.54) is 58.3 Å². The minimum Gasteiger partial charge on any atom is -0.480 e. The number of allylic oxidation sites excluding steroid dienone is 2. The maximum atomic E-state index is 11.7. The van der Waals surface area contributed by atoms with Gasteiger partial charge in [0.25, 0.3) is 0 Å². The van der Waals surface area contributed by atoms with E-state index < -0.39 is 18.1 Å². The highest BCUT2D eigenvalue weighted by atomic mass is 16.4. The van der Waals surface area contributed by atoms with E-state index in [2.05, 4.69) is 24.4 Å². The molecular formula is C22H41NO4. The summed E-state index contributed by atoms with van der Waals surface area (Å²) in [5.74, 6) is -1.51. The summed E-state index contributed by atoms with van der Waals surface area (Å²) >= 11 is 0. The van der Waals surface area contributed by atoms with Crippen molar-refractivity contribution in [1.29, 1.82) is 0 Å². The fraction of sp³-hybridized carbons (Fsp3) is 0.818. The molecule has 0 radical (unpaired) electrons. The number of carboxylic acid groups (broad SMARTS) is 1. The predicted molar refractivity (Wildman–Crippen MR) is 111 cm³/mol. The van der Waals surface area contributed by atoms with Crippen LogP contribution in [-0.2, 0) is 9.59 Å². The Morgan fingerprint density at radius 1 is 0.852 bits per heavy atom. The molecule has 0 fully saturated rings. The maximum absolute atomic E-state index is 11.7. The van der Waals surface area contributed by atoms with Gasteiger partial charge >= 0.3 is 5.97 Å². The molecular weight excluding hydrogens is 342 g/mol. The monoisotopic (exact) mass is 383 g/mol. The average molecular weight is 384 g/mol. The average Bonchev–Trinajstić information content (AvgIpc) is 2.62. The number of rotatable bonds is 18. The molecule has 158 valence electrons. The van der Waals surface area contributed by atoms with Crippen LogP contribution in [0.15, 0.2) is 12.2 Å². The van der Waals surface area contributed by atoms with E-state index in [9.17, 15) is 14.7 Å². The second-order valence-electron chi connectivity index (χ2n) is 7.46. The van der Waals surface area contributed by atoms with Gasteiger partial charge in [0.15, 0.2) is 6.04 Å². The first-order valence-corrected chi connectivity index (χ1v) is 10.8. The molecule has 0 heterocycles. The third-order valence-electron chi connectivity index (χ3n) is 4.73. The van der Waals surface area contributed by atoms with Gasteiger partial charge in [-0.1, -0.05) is 70.4 Å². The van der Waals surface area contributed by atoms with Crippen LogP contribution in [0.3, 0.4) is 0 Å². The highest BCUT2D eigenvalue weighted by Gasteiger charge is 2.24. The molecule has 2 atom stereocenters. The molecule has 0 saturated heterocycles. The summed E-state index contributed by atoms with van der Waals surface area (Å²) in [5.41, 5.74) is 0. The zero-order valence-corrected chi connectivity index (χ0v) is 17.4. The summed E-state index contributed by atoms with van der Waals surface area (Å²) in [7, 11) is 0. The van der Waals surface area contributed by atoms with Gasteiger partial charge in [-0.05, 0) is 39.0 Å². The van der Waals surface area contributed by atoms with Gasteiger partial charge in [-0.2, -0.15) is 0 Å². The van der Waals surface area contributed by atoms with Crippen molar-refractivity contribution in [1.82, 2.24) is 5.32 Å². The second kappa shape index (κ2) is 18.0. The molecule has 0 aliphatic rings. The van der Waals surface area contributed by atoms with Crippen LogP contribution in [0.2, 0.25) is 0 Å². The van der Waals surface area contributed by atoms with Crippen molar-refractivity contribution in [3.63, 3.8) is 0 Å². The van der Waals surface area contributed by atoms with Gasteiger partial charge in [0, 0.05) is 6.42 Å². The van der Waals surface area contributed by atoms with Gasteiger partial charge in [0.2, 0.25) is 5.91 Å². The Morgan fingerprint density at radius 3 is 1.81 bits per heavy atom. The number of carboxylic acids is 1. The van der Waals surface area contributed by atoms with Gasteiger partial charge in [0.1, 0.15) is 0 Å². The number of carbonyl (C=O) groups excluding carboxylic acids is 1. The zero-order chi connectivity index (χ0) is 20.3. The van der Waals surface area contributed by atoms with Crippen LogP contribution in [0.1, 0.15) is 104 Å². The molecule has 0 aromatic heterocycles. The Labute approximate surface area is 165 Å². The van der Waals surface area contributed by atoms with Gasteiger partial charge < -0.3 is 15.5 Å². The Hall–Kier alpha value is -1.36. The van der Waals surface area contributed by atoms with Gasteiger partial charge in [-0.3, -0.25) is 4.79 Å². The van der Waals surface area contributed by atoms with E-state index in [4.69, 9.17) is 5.11 Å². The molecule has 0 aromatic carbocycles. The third-order valence-corrected chi connectivity index (χ3v) is 4.73. The molecule has 5 heteroatoms. The SMILES string of the molecule is CCCCCCCC/C=C\CCCCCCCC(=O)N[C@H](C(=O)O)[C@H](C)O. The lowest BCUT2D eigenvalue weighted by atomic mass is 10.1. The van der Waals surface area contributed by atoms with Crippen molar-refractivity contribution >= 4 is 11.9 Å². The molecule has 0 rings (SSSR count). The predicted octanol–water partition coefficient (Wildman–Crippen LogP) is 4.97. The molecule has 0 spiro atoms. The van der Waals surface area contributed by atoms with Crippen LogP contribution in [0.4, 0.5) is 0 Å². The van der Waals surface area contributed by atoms with E-state index in [1.54, 1.807) is 0 Å². The summed E-state index contributed by atoms with van der Waals surface area (Å²) in [6.45, 7) is 3.61. The first-order valence-electron chi connectivity index (χ1n) is 10.8. The van der Waals surface area contributed by atoms with E-state index in [0.717, 1.165) is 32.1 Å². The van der Waals surface area contributed by atoms with Crippen molar-refractivity contribution in [3.05, 3.63) is 12.2 Å². The number of hydrogen-bond acceptors (Lipinski definition) is 3. The smallest absolute Gasteiger partial charge is 0.328 e. The van der Waals surface area contributed by atoms with Crippen LogP contribution >= 0.6 is 0 Å². The van der Waals surface area contributed by atoms with E-state index in [-0.39, 0.29) is 5.91 Å². The van der Waals surface area contributed by atoms with Crippen LogP contribution in [0.25, 0.3) is 0 Å². The normalized spacial score (nSPS) is 13.6. The van der Waals surface area contributed by atoms with E-state index >= 15 is 0 Å². The van der Waals surface area contributed by atoms with Crippen molar-refractivity contribution < 1.29 is 19.8 Å². The molecule has 0 bridgehead atoms. The molecule has 0 aromatic rings. The number of nitrogens with one attached hydrogen (secondary N) is 1. The lowest BCUT2D eigenvalue weighted by Gasteiger charge is -2.16. The summed E-state index contributed by atoms with van der Waals surface area (Å²) in [5, 5.41) is 20.6. The van der Waals surface area contributed by atoms with Crippen LogP contribution in [-0.4, -0.2) is 34.2 Å². The number of amides is 1. The first kappa shape index (κ1) is 25.6. The van der Waals surface area contributed by atoms with Crippen molar-refractivity contribution in [3.8, 4) is 0 Å². The number of aliphatic hydroxyl groups is 1. The molecule has 1 amide bonds. The number of aliphatic hydroxyl groups excluding tert-OH is 1. The number of carbonyl (C=O) groups is 2. The number of aliphatic carboxylic acids is 1. The molecule has 27 heavy (non-hydrogen) atoms. The van der Waals surface area contributed by atoms with Crippen molar-refractivity contribution in [2.24, 2.45) is 0 Å². The second-order valence-corrected chi connectivity index (χ2v) is 7.46. The van der Waals surface area contributed by atoms with Gasteiger partial charge in [-0.15, -0.1) is 0 Å². The van der Waals surface area contributed by atoms with Crippen LogP contribution < -0.4 is 5.32 Å². The molecule has 0 unspecified atom stereocenters. The van der Waals surface area contributed by atoms with Gasteiger partial charge in [0.05, 0.1) is 6.10 Å². The molecule has 0 saturated carbocycles. The highest BCUT2D eigenvalue weighted by molar-refractivity contribution is 5.83. The lowest BCUT2D eigenvalue weighted by molar-refractivity contribution is -0.144. The third kappa shape index (κ3) is 16.5. The zero-order valence-electron chi connectivity index (χ0n) is 17.4. The minimum atomic E-state index is -1.22.